The van der Waals surface area contributed by atoms with Crippen molar-refractivity contribution in [1.29, 1.82) is 0 Å². The summed E-state index contributed by atoms with van der Waals surface area (Å²) < 4.78 is 0. The molecular formula is C15H32N2. The van der Waals surface area contributed by atoms with Gasteiger partial charge in [-0.1, -0.05) is 34.6 Å². The number of hydrogen-bond acceptors (Lipinski definition) is 2. The number of nitrogens with one attached hydrogen (secondary N) is 1. The summed E-state index contributed by atoms with van der Waals surface area (Å²) in [4.78, 5) is 2.67. The zero-order valence-corrected chi connectivity index (χ0v) is 12.6. The van der Waals surface area contributed by atoms with Gasteiger partial charge in [0.1, 0.15) is 0 Å². The van der Waals surface area contributed by atoms with Crippen LogP contribution in [0.1, 0.15) is 53.9 Å². The summed E-state index contributed by atoms with van der Waals surface area (Å²) in [5, 5.41) is 3.52. The first-order valence-corrected chi connectivity index (χ1v) is 7.34. The third-order valence-corrected chi connectivity index (χ3v) is 4.47. The van der Waals surface area contributed by atoms with E-state index in [0.29, 0.717) is 10.8 Å². The quantitative estimate of drug-likeness (QED) is 0.767. The van der Waals surface area contributed by atoms with Crippen molar-refractivity contribution in [2.75, 3.05) is 32.7 Å². The minimum atomic E-state index is 0.442. The second kappa shape index (κ2) is 6.19. The molecule has 0 spiro atoms. The van der Waals surface area contributed by atoms with Crippen LogP contribution in [0, 0.1) is 10.8 Å². The smallest absolute Gasteiger partial charge is 0.00474 e. The van der Waals surface area contributed by atoms with E-state index in [4.69, 9.17) is 0 Å². The van der Waals surface area contributed by atoms with E-state index in [9.17, 15) is 0 Å². The number of nitrogens with zero attached hydrogens (tertiary/aromatic N) is 1. The molecule has 0 radical (unpaired) electrons. The van der Waals surface area contributed by atoms with Crippen LogP contribution in [0.3, 0.4) is 0 Å². The van der Waals surface area contributed by atoms with Crippen LogP contribution in [0.25, 0.3) is 0 Å². The maximum absolute atomic E-state index is 3.52. The lowest BCUT2D eigenvalue weighted by Crippen LogP contribution is -2.46. The minimum absolute atomic E-state index is 0.442. The molecule has 17 heavy (non-hydrogen) atoms. The maximum atomic E-state index is 3.52. The van der Waals surface area contributed by atoms with Gasteiger partial charge < -0.3 is 10.2 Å². The van der Waals surface area contributed by atoms with Gasteiger partial charge in [0.25, 0.3) is 0 Å². The Morgan fingerprint density at radius 1 is 1.18 bits per heavy atom. The highest BCUT2D eigenvalue weighted by Crippen LogP contribution is 2.31. The van der Waals surface area contributed by atoms with Crippen LogP contribution in [-0.4, -0.2) is 37.6 Å². The van der Waals surface area contributed by atoms with Crippen molar-refractivity contribution in [2.24, 2.45) is 10.8 Å². The third-order valence-electron chi connectivity index (χ3n) is 4.47. The van der Waals surface area contributed by atoms with Crippen molar-refractivity contribution in [3.63, 3.8) is 0 Å². The average Bonchev–Trinajstić information content (AvgIpc) is 2.30. The number of hydrogen-bond donors (Lipinski definition) is 1. The molecule has 0 bridgehead atoms. The van der Waals surface area contributed by atoms with Gasteiger partial charge in [-0.05, 0) is 49.7 Å². The lowest BCUT2D eigenvalue weighted by molar-refractivity contribution is 0.0862. The predicted octanol–water partition coefficient (Wildman–Crippen LogP) is 3.13. The average molecular weight is 240 g/mol. The van der Waals surface area contributed by atoms with Gasteiger partial charge in [0.15, 0.2) is 0 Å². The summed E-state index contributed by atoms with van der Waals surface area (Å²) >= 11 is 0. The SMILES string of the molecule is CCNCC(C)(CC)CN1CCC(C)(C)CC1. The van der Waals surface area contributed by atoms with E-state index in [1.165, 1.54) is 38.9 Å². The minimum Gasteiger partial charge on any atom is -0.316 e. The fraction of sp³-hybridized carbons (Fsp3) is 1.00. The van der Waals surface area contributed by atoms with Gasteiger partial charge >= 0.3 is 0 Å². The highest BCUT2D eigenvalue weighted by atomic mass is 15.1. The molecule has 1 aliphatic rings. The van der Waals surface area contributed by atoms with Crippen molar-refractivity contribution in [2.45, 2.75) is 53.9 Å². The maximum Gasteiger partial charge on any atom is 0.00474 e. The molecule has 1 heterocycles. The molecule has 0 amide bonds. The van der Waals surface area contributed by atoms with Gasteiger partial charge in [0, 0.05) is 13.1 Å². The Balaban J connectivity index is 2.41. The first kappa shape index (κ1) is 15.0. The van der Waals surface area contributed by atoms with Crippen LogP contribution in [-0.2, 0) is 0 Å². The highest BCUT2D eigenvalue weighted by Gasteiger charge is 2.30. The van der Waals surface area contributed by atoms with Gasteiger partial charge in [-0.15, -0.1) is 0 Å². The summed E-state index contributed by atoms with van der Waals surface area (Å²) in [6.07, 6.45) is 3.97. The summed E-state index contributed by atoms with van der Waals surface area (Å²) in [7, 11) is 0. The van der Waals surface area contributed by atoms with Gasteiger partial charge in [-0.25, -0.2) is 0 Å². The lowest BCUT2D eigenvalue weighted by atomic mass is 9.80. The molecule has 1 saturated heterocycles. The van der Waals surface area contributed by atoms with Gasteiger partial charge in [0.05, 0.1) is 0 Å². The third kappa shape index (κ3) is 4.97. The van der Waals surface area contributed by atoms with Crippen LogP contribution >= 0.6 is 0 Å². The molecule has 0 aromatic carbocycles. The molecule has 0 aromatic rings. The molecule has 102 valence electrons. The van der Waals surface area contributed by atoms with Crippen LogP contribution in [0.2, 0.25) is 0 Å². The molecular weight excluding hydrogens is 208 g/mol. The Morgan fingerprint density at radius 2 is 1.76 bits per heavy atom. The molecule has 2 heteroatoms. The van der Waals surface area contributed by atoms with Crippen molar-refractivity contribution in [3.05, 3.63) is 0 Å². The lowest BCUT2D eigenvalue weighted by Gasteiger charge is -2.41. The standard InChI is InChI=1S/C15H32N2/c1-6-15(5,12-16-7-2)13-17-10-8-14(3,4)9-11-17/h16H,6-13H2,1-5H3. The number of rotatable bonds is 6. The van der Waals surface area contributed by atoms with Crippen LogP contribution in [0.4, 0.5) is 0 Å². The second-order valence-corrected chi connectivity index (χ2v) is 6.88. The zero-order chi connectivity index (χ0) is 12.9. The van der Waals surface area contributed by atoms with E-state index in [0.717, 1.165) is 13.1 Å². The summed E-state index contributed by atoms with van der Waals surface area (Å²) in [5.41, 5.74) is 1.01. The molecule has 1 fully saturated rings. The number of piperidine rings is 1. The molecule has 1 rings (SSSR count). The van der Waals surface area contributed by atoms with Crippen LogP contribution in [0.15, 0.2) is 0 Å². The van der Waals surface area contributed by atoms with Crippen molar-refractivity contribution in [1.82, 2.24) is 10.2 Å². The van der Waals surface area contributed by atoms with Gasteiger partial charge in [-0.2, -0.15) is 0 Å². The number of likely N-dealkylation sites (tertiary alicyclic amines) is 1. The predicted molar refractivity (Wildman–Crippen MR) is 76.4 cm³/mol. The van der Waals surface area contributed by atoms with Crippen molar-refractivity contribution in [3.8, 4) is 0 Å². The van der Waals surface area contributed by atoms with Crippen LogP contribution < -0.4 is 5.32 Å². The normalized spacial score (nSPS) is 24.5. The molecule has 1 unspecified atom stereocenters. The van der Waals surface area contributed by atoms with E-state index >= 15 is 0 Å². The van der Waals surface area contributed by atoms with E-state index in [2.05, 4.69) is 44.8 Å². The summed E-state index contributed by atoms with van der Waals surface area (Å²) in [5.74, 6) is 0. The first-order chi connectivity index (χ1) is 7.91. The van der Waals surface area contributed by atoms with E-state index in [1.54, 1.807) is 0 Å². The van der Waals surface area contributed by atoms with Gasteiger partial charge in [0.2, 0.25) is 0 Å². The zero-order valence-electron chi connectivity index (χ0n) is 12.6. The van der Waals surface area contributed by atoms with E-state index in [-0.39, 0.29) is 0 Å². The fourth-order valence-electron chi connectivity index (χ4n) is 2.58. The summed E-state index contributed by atoms with van der Waals surface area (Å²) in [6, 6.07) is 0. The molecule has 2 nitrogen and oxygen atoms in total. The Kier molecular flexibility index (Phi) is 5.46. The van der Waals surface area contributed by atoms with Gasteiger partial charge in [-0.3, -0.25) is 0 Å². The largest absolute Gasteiger partial charge is 0.316 e. The Bertz CT molecular complexity index is 215. The Morgan fingerprint density at radius 3 is 2.24 bits per heavy atom. The van der Waals surface area contributed by atoms with E-state index < -0.39 is 0 Å². The topological polar surface area (TPSA) is 15.3 Å². The molecule has 1 atom stereocenters. The van der Waals surface area contributed by atoms with E-state index in [1.807, 2.05) is 0 Å². The molecule has 0 saturated carbocycles. The highest BCUT2D eigenvalue weighted by molar-refractivity contribution is 4.84. The molecule has 0 aromatic heterocycles. The molecule has 1 N–H and O–H groups in total. The molecule has 1 aliphatic heterocycles. The second-order valence-electron chi connectivity index (χ2n) is 6.88. The monoisotopic (exact) mass is 240 g/mol. The summed E-state index contributed by atoms with van der Waals surface area (Å²) in [6.45, 7) is 17.8. The van der Waals surface area contributed by atoms with Crippen molar-refractivity contribution >= 4 is 0 Å². The Labute approximate surface area is 108 Å². The van der Waals surface area contributed by atoms with Crippen LogP contribution in [0.5, 0.6) is 0 Å². The Hall–Kier alpha value is -0.0800. The molecule has 0 aliphatic carbocycles. The van der Waals surface area contributed by atoms with Crippen molar-refractivity contribution < 1.29 is 0 Å². The fourth-order valence-corrected chi connectivity index (χ4v) is 2.58. The first-order valence-electron chi connectivity index (χ1n) is 7.34.